The summed E-state index contributed by atoms with van der Waals surface area (Å²) < 4.78 is 0. The van der Waals surface area contributed by atoms with E-state index in [-0.39, 0.29) is 77.3 Å². The van der Waals surface area contributed by atoms with Crippen molar-refractivity contribution in [3.63, 3.8) is 0 Å². The topological polar surface area (TPSA) is 103 Å². The quantitative estimate of drug-likeness (QED) is 0.324. The normalized spacial score (nSPS) is 0.667. The van der Waals surface area contributed by atoms with E-state index in [9.17, 15) is 0 Å². The summed E-state index contributed by atoms with van der Waals surface area (Å²) in [5.41, 5.74) is 0. The molecule has 0 fully saturated rings. The van der Waals surface area contributed by atoms with Gasteiger partial charge in [0.1, 0.15) is 0 Å². The van der Waals surface area contributed by atoms with Gasteiger partial charge in [0.15, 0.2) is 0 Å². The summed E-state index contributed by atoms with van der Waals surface area (Å²) in [7, 11) is 0. The largest absolute Gasteiger partial charge is 2.00 e. The zero-order valence-electron chi connectivity index (χ0n) is 4.66. The van der Waals surface area contributed by atoms with Crippen molar-refractivity contribution >= 4 is 0 Å². The minimum Gasteiger partial charge on any atom is -0.512 e. The summed E-state index contributed by atoms with van der Waals surface area (Å²) in [5, 5.41) is 18.8. The predicted molar refractivity (Wildman–Crippen MR) is 18.5 cm³/mol. The standard InChI is InChI=1S/3CN.K.H2O.Pd/c3*1-2;;;/h;;;;1H2;/q3*-1;+1;;+2. The van der Waals surface area contributed by atoms with Gasteiger partial charge < -0.3 is 41.0 Å². The van der Waals surface area contributed by atoms with Crippen LogP contribution in [-0.2, 0) is 20.4 Å². The van der Waals surface area contributed by atoms with Gasteiger partial charge in [0.25, 0.3) is 0 Å². The minimum absolute atomic E-state index is 0. The average molecular weight is 242 g/mol. The molecule has 0 amide bonds. The Morgan fingerprint density at radius 1 is 0.667 bits per heavy atom. The predicted octanol–water partition coefficient (Wildman–Crippen LogP) is -3.53. The van der Waals surface area contributed by atoms with Crippen LogP contribution in [0.2, 0.25) is 0 Å². The molecule has 0 bridgehead atoms. The van der Waals surface area contributed by atoms with Crippen LogP contribution in [0.5, 0.6) is 0 Å². The second-order valence-corrected chi connectivity index (χ2v) is 0. The van der Waals surface area contributed by atoms with Gasteiger partial charge >= 0.3 is 71.8 Å². The van der Waals surface area contributed by atoms with Crippen LogP contribution in [0, 0.1) is 35.5 Å². The van der Waals surface area contributed by atoms with Crippen LogP contribution in [0.1, 0.15) is 0 Å². The van der Waals surface area contributed by atoms with Crippen LogP contribution in [0.3, 0.4) is 0 Å². The van der Waals surface area contributed by atoms with Crippen molar-refractivity contribution in [3.05, 3.63) is 19.7 Å². The molecule has 0 radical (unpaired) electrons. The summed E-state index contributed by atoms with van der Waals surface area (Å²) in [6.07, 6.45) is 0. The van der Waals surface area contributed by atoms with Crippen LogP contribution < -0.4 is 51.4 Å². The maximum Gasteiger partial charge on any atom is 2.00 e. The third-order valence-electron chi connectivity index (χ3n) is 0. The molecule has 0 aromatic heterocycles. The third-order valence-corrected chi connectivity index (χ3v) is 0. The first-order chi connectivity index (χ1) is 3.00. The van der Waals surface area contributed by atoms with Crippen LogP contribution in [-0.4, -0.2) is 5.48 Å². The molecule has 0 aromatic rings. The molecule has 46 valence electrons. The van der Waals surface area contributed by atoms with Crippen LogP contribution in [0.15, 0.2) is 0 Å². The second kappa shape index (κ2) is 982. The first kappa shape index (κ1) is 53.3. The van der Waals surface area contributed by atoms with Gasteiger partial charge in [-0.1, -0.05) is 0 Å². The van der Waals surface area contributed by atoms with Gasteiger partial charge in [0.2, 0.25) is 0 Å². The fraction of sp³-hybridized carbons (Fsp3) is 0. The zero-order valence-corrected chi connectivity index (χ0v) is 9.34. The fourth-order valence-corrected chi connectivity index (χ4v) is 0. The maximum absolute atomic E-state index is 6.25. The Kier molecular flexibility index (Phi) is 5820. The van der Waals surface area contributed by atoms with E-state index in [0.717, 1.165) is 0 Å². The molecule has 0 saturated carbocycles. The van der Waals surface area contributed by atoms with Crippen molar-refractivity contribution in [2.45, 2.75) is 0 Å². The Morgan fingerprint density at radius 3 is 0.667 bits per heavy atom. The van der Waals surface area contributed by atoms with Gasteiger partial charge in [-0.3, -0.25) is 0 Å². The molecule has 0 atom stereocenters. The Balaban J connectivity index is -0.00000000321. The van der Waals surface area contributed by atoms with Gasteiger partial charge in [-0.25, -0.2) is 0 Å². The summed E-state index contributed by atoms with van der Waals surface area (Å²) in [4.78, 5) is 0. The molecule has 0 heterocycles. The maximum atomic E-state index is 6.25. The van der Waals surface area contributed by atoms with Gasteiger partial charge in [-0.15, -0.1) is 0 Å². The molecular formula is C3H2KN3OPd. The smallest absolute Gasteiger partial charge is 0.512 e. The molecule has 0 aromatic carbocycles. The Bertz CT molecular complexity index is 47.5. The van der Waals surface area contributed by atoms with Crippen molar-refractivity contribution in [1.29, 1.82) is 15.8 Å². The SMILES string of the molecule is O.[C-]#N.[C-]#N.[C-]#N.[K+].[Pd+2]. The molecule has 0 aliphatic heterocycles. The fourth-order valence-electron chi connectivity index (χ4n) is 0. The van der Waals surface area contributed by atoms with E-state index in [0.29, 0.717) is 0 Å². The van der Waals surface area contributed by atoms with E-state index in [1.807, 2.05) is 0 Å². The molecule has 0 unspecified atom stereocenters. The Morgan fingerprint density at radius 2 is 0.667 bits per heavy atom. The number of hydrogen-bond donors (Lipinski definition) is 0. The number of nitrogens with zero attached hydrogens (tertiary/aromatic N) is 3. The van der Waals surface area contributed by atoms with Crippen molar-refractivity contribution in [2.75, 3.05) is 0 Å². The minimum atomic E-state index is 0. The molecular weight excluding hydrogens is 240 g/mol. The van der Waals surface area contributed by atoms with E-state index in [1.54, 1.807) is 0 Å². The Hall–Kier alpha value is 0.729. The molecule has 9 heavy (non-hydrogen) atoms. The zero-order chi connectivity index (χ0) is 6.00. The molecule has 0 aliphatic carbocycles. The molecule has 2 N–H and O–H groups in total. The van der Waals surface area contributed by atoms with E-state index in [1.165, 1.54) is 0 Å². The van der Waals surface area contributed by atoms with Gasteiger partial charge in [0, 0.05) is 0 Å². The summed E-state index contributed by atoms with van der Waals surface area (Å²) >= 11 is 0. The van der Waals surface area contributed by atoms with Gasteiger partial charge in [-0.05, 0) is 0 Å². The number of hydrogen-bond acceptors (Lipinski definition) is 3. The van der Waals surface area contributed by atoms with Crippen molar-refractivity contribution < 1.29 is 77.3 Å². The molecule has 6 heteroatoms. The molecule has 0 spiro atoms. The van der Waals surface area contributed by atoms with E-state index < -0.39 is 0 Å². The molecule has 0 rings (SSSR count). The summed E-state index contributed by atoms with van der Waals surface area (Å²) in [6, 6.07) is 0. The Labute approximate surface area is 111 Å². The molecule has 4 nitrogen and oxygen atoms in total. The third kappa shape index (κ3) is 744. The van der Waals surface area contributed by atoms with E-state index >= 15 is 0 Å². The van der Waals surface area contributed by atoms with Crippen LogP contribution in [0.4, 0.5) is 0 Å². The first-order valence-electron chi connectivity index (χ1n) is 0.671. The monoisotopic (exact) mass is 241 g/mol. The van der Waals surface area contributed by atoms with Crippen molar-refractivity contribution in [2.24, 2.45) is 0 Å². The molecule has 0 aliphatic rings. The van der Waals surface area contributed by atoms with Crippen molar-refractivity contribution in [3.8, 4) is 0 Å². The van der Waals surface area contributed by atoms with Crippen LogP contribution in [0.25, 0.3) is 0 Å². The summed E-state index contributed by atoms with van der Waals surface area (Å²) in [6.45, 7) is 14.2. The van der Waals surface area contributed by atoms with Gasteiger partial charge in [-0.2, -0.15) is 0 Å². The van der Waals surface area contributed by atoms with E-state index in [4.69, 9.17) is 35.5 Å². The van der Waals surface area contributed by atoms with Crippen molar-refractivity contribution in [1.82, 2.24) is 0 Å². The average Bonchev–Trinajstić information content (AvgIpc) is 1.81. The number of rotatable bonds is 0. The first-order valence-corrected chi connectivity index (χ1v) is 0.671. The second-order valence-electron chi connectivity index (χ2n) is 0. The molecule has 0 saturated heterocycles. The van der Waals surface area contributed by atoms with Gasteiger partial charge in [0.05, 0.1) is 0 Å². The van der Waals surface area contributed by atoms with Crippen LogP contribution >= 0.6 is 0 Å². The summed E-state index contributed by atoms with van der Waals surface area (Å²) in [5.74, 6) is 0. The van der Waals surface area contributed by atoms with E-state index in [2.05, 4.69) is 0 Å².